The third kappa shape index (κ3) is 7.03. The number of fused-ring (bicyclic) bond motifs is 5. The van der Waals surface area contributed by atoms with Crippen LogP contribution in [0.4, 0.5) is 22.4 Å². The van der Waals surface area contributed by atoms with Crippen molar-refractivity contribution in [3.63, 3.8) is 0 Å². The number of nitrogens with zero attached hydrogens (tertiary/aromatic N) is 2. The molecule has 1 saturated heterocycles. The molecule has 4 amide bonds. The Kier molecular flexibility index (Phi) is 9.48. The lowest BCUT2D eigenvalue weighted by Gasteiger charge is -2.38. The molecule has 19 heteroatoms. The van der Waals surface area contributed by atoms with Gasteiger partial charge in [-0.2, -0.15) is 13.2 Å². The Morgan fingerprint density at radius 1 is 1.13 bits per heavy atom. The highest BCUT2D eigenvalue weighted by Crippen LogP contribution is 2.54. The van der Waals surface area contributed by atoms with Crippen LogP contribution in [0.3, 0.4) is 0 Å². The maximum atomic E-state index is 16.6. The highest BCUT2D eigenvalue weighted by atomic mass is 32.2. The number of amides is 4. The number of carbonyl (C=O) groups excluding carboxylic acids is 3. The number of ether oxygens (including phenoxy) is 2. The number of aromatic nitrogens is 1. The number of pyridine rings is 1. The minimum Gasteiger partial charge on any atom is -0.497 e. The summed E-state index contributed by atoms with van der Waals surface area (Å²) >= 11 is 0. The van der Waals surface area contributed by atoms with Crippen molar-refractivity contribution >= 4 is 44.7 Å². The van der Waals surface area contributed by atoms with Gasteiger partial charge in [0.25, 0.3) is 5.91 Å². The second kappa shape index (κ2) is 13.5. The van der Waals surface area contributed by atoms with Gasteiger partial charge in [-0.15, -0.1) is 0 Å². The zero-order chi connectivity index (χ0) is 39.7. The summed E-state index contributed by atoms with van der Waals surface area (Å²) in [6.07, 6.45) is -3.57. The third-order valence-corrected chi connectivity index (χ3v) is 13.7. The van der Waals surface area contributed by atoms with Gasteiger partial charge < -0.3 is 30.1 Å². The molecule has 0 unspecified atom stereocenters. The number of hydrogen-bond acceptors (Lipinski definition) is 9. The van der Waals surface area contributed by atoms with Crippen molar-refractivity contribution in [1.82, 2.24) is 25.2 Å². The highest BCUT2D eigenvalue weighted by molar-refractivity contribution is 7.91. The lowest BCUT2D eigenvalue weighted by atomic mass is 9.85. The fourth-order valence-electron chi connectivity index (χ4n) is 8.03. The molecule has 6 atom stereocenters. The number of methoxy groups -OCH3 is 1. The van der Waals surface area contributed by atoms with Gasteiger partial charge in [0, 0.05) is 29.7 Å². The first-order valence-electron chi connectivity index (χ1n) is 18.1. The first-order chi connectivity index (χ1) is 25.8. The molecule has 4 heterocycles. The molecule has 298 valence electrons. The van der Waals surface area contributed by atoms with E-state index in [-0.39, 0.29) is 29.5 Å². The molecule has 1 spiro atoms. The molecule has 7 rings (SSSR count). The van der Waals surface area contributed by atoms with Crippen molar-refractivity contribution in [1.29, 1.82) is 0 Å². The van der Waals surface area contributed by atoms with Crippen molar-refractivity contribution in [2.45, 2.75) is 111 Å². The fraction of sp³-hybridized carbons (Fsp3) is 0.583. The Morgan fingerprint density at radius 2 is 1.87 bits per heavy atom. The Labute approximate surface area is 313 Å². The van der Waals surface area contributed by atoms with Crippen molar-refractivity contribution in [3.05, 3.63) is 41.6 Å². The van der Waals surface area contributed by atoms with Crippen molar-refractivity contribution in [2.24, 2.45) is 5.92 Å². The Hall–Kier alpha value is -4.68. The van der Waals surface area contributed by atoms with E-state index in [4.69, 9.17) is 9.47 Å². The molecule has 1 aromatic carbocycles. The Morgan fingerprint density at radius 3 is 2.55 bits per heavy atom. The van der Waals surface area contributed by atoms with Crippen molar-refractivity contribution in [3.8, 4) is 11.5 Å². The van der Waals surface area contributed by atoms with Crippen molar-refractivity contribution < 1.29 is 59.7 Å². The number of benzene rings is 1. The predicted molar refractivity (Wildman–Crippen MR) is 186 cm³/mol. The zero-order valence-electron chi connectivity index (χ0n) is 30.0. The van der Waals surface area contributed by atoms with E-state index in [0.717, 1.165) is 4.90 Å². The molecule has 55 heavy (non-hydrogen) atoms. The topological polar surface area (TPSA) is 193 Å². The number of carboxylic acid groups (broad SMARTS) is 1. The SMILES string of the molecule is COc1ccc2nc(C(F)(F)F)c3c(c2c1)[C@@H](F)C[C@]1(C[C@H]2C(=O)N[C@]4(C(=O)NS(=O)(=O)C5(C)CC5)C[C@H]4/C=C\CCCCC[C@H](NC(=O)O)C(=O)N2C1)O3. The van der Waals surface area contributed by atoms with Crippen LogP contribution in [0, 0.1) is 5.92 Å². The number of allylic oxidation sites excluding steroid dienone is 1. The average Bonchev–Trinajstić information content (AvgIpc) is 4.00. The van der Waals surface area contributed by atoms with Gasteiger partial charge in [0.2, 0.25) is 21.8 Å². The number of hydrogen-bond donors (Lipinski definition) is 4. The summed E-state index contributed by atoms with van der Waals surface area (Å²) in [6.45, 7) is 0.867. The summed E-state index contributed by atoms with van der Waals surface area (Å²) in [4.78, 5) is 59.0. The number of sulfonamides is 1. The minimum atomic E-state index is -5.12. The van der Waals surface area contributed by atoms with Crippen LogP contribution >= 0.6 is 0 Å². The molecule has 2 aliphatic carbocycles. The normalized spacial score (nSPS) is 31.1. The number of rotatable bonds is 5. The van der Waals surface area contributed by atoms with Gasteiger partial charge in [0.1, 0.15) is 35.1 Å². The van der Waals surface area contributed by atoms with Crippen LogP contribution in [-0.4, -0.2) is 88.8 Å². The minimum absolute atomic E-state index is 0.00729. The van der Waals surface area contributed by atoms with E-state index in [0.29, 0.717) is 38.5 Å². The van der Waals surface area contributed by atoms with Gasteiger partial charge >= 0.3 is 12.3 Å². The molecule has 2 saturated carbocycles. The van der Waals surface area contributed by atoms with Crippen LogP contribution < -0.4 is 24.8 Å². The first kappa shape index (κ1) is 38.6. The van der Waals surface area contributed by atoms with E-state index in [9.17, 15) is 45.9 Å². The summed E-state index contributed by atoms with van der Waals surface area (Å²) in [7, 11) is -2.81. The van der Waals surface area contributed by atoms with E-state index in [2.05, 4.69) is 20.3 Å². The van der Waals surface area contributed by atoms with Crippen LogP contribution in [-0.2, 0) is 30.6 Å². The molecule has 1 aromatic heterocycles. The first-order valence-corrected chi connectivity index (χ1v) is 19.6. The van der Waals surface area contributed by atoms with Crippen LogP contribution in [0.5, 0.6) is 11.5 Å². The summed E-state index contributed by atoms with van der Waals surface area (Å²) < 4.78 is 98.9. The van der Waals surface area contributed by atoms with Crippen LogP contribution in [0.1, 0.15) is 88.6 Å². The summed E-state index contributed by atoms with van der Waals surface area (Å²) in [5.74, 6) is -4.19. The van der Waals surface area contributed by atoms with Gasteiger partial charge in [0.05, 0.1) is 23.9 Å². The van der Waals surface area contributed by atoms with E-state index >= 15 is 4.39 Å². The van der Waals surface area contributed by atoms with Crippen molar-refractivity contribution in [2.75, 3.05) is 13.7 Å². The quantitative estimate of drug-likeness (QED) is 0.249. The molecule has 3 aliphatic heterocycles. The van der Waals surface area contributed by atoms with Crippen LogP contribution in [0.25, 0.3) is 10.9 Å². The van der Waals surface area contributed by atoms with E-state index in [1.54, 1.807) is 12.2 Å². The maximum Gasteiger partial charge on any atom is 0.437 e. The monoisotopic (exact) mass is 795 g/mol. The third-order valence-electron chi connectivity index (χ3n) is 11.5. The van der Waals surface area contributed by atoms with E-state index < -0.39 is 116 Å². The summed E-state index contributed by atoms with van der Waals surface area (Å²) in [5.41, 5.74) is -5.81. The molecule has 3 fully saturated rings. The van der Waals surface area contributed by atoms with Crippen LogP contribution in [0.2, 0.25) is 0 Å². The Bertz CT molecular complexity index is 2090. The molecule has 0 radical (unpaired) electrons. The molecule has 14 nitrogen and oxygen atoms in total. The van der Waals surface area contributed by atoms with Gasteiger partial charge in [0.15, 0.2) is 11.4 Å². The Balaban J connectivity index is 1.29. The van der Waals surface area contributed by atoms with Gasteiger partial charge in [-0.25, -0.2) is 22.6 Å². The molecular weight excluding hydrogens is 754 g/mol. The van der Waals surface area contributed by atoms with E-state index in [1.807, 2.05) is 0 Å². The second-order valence-electron chi connectivity index (χ2n) is 15.5. The molecule has 0 bridgehead atoms. The lowest BCUT2D eigenvalue weighted by molar-refractivity contribution is -0.145. The van der Waals surface area contributed by atoms with Crippen LogP contribution in [0.15, 0.2) is 30.4 Å². The second-order valence-corrected chi connectivity index (χ2v) is 17.6. The largest absolute Gasteiger partial charge is 0.497 e. The standard InChI is InChI=1S/C36H41F4N5O9S/c1-33(12-13-33)55(51,52)44-31(48)35-15-19(35)8-6-4-3-5-7-9-24(42-32(49)50)30(47)45-18-34(17-25(45)29(46)43-35)16-22(37)26-21-14-20(53-2)10-11-23(21)41-28(27(26)54-34)36(38,39)40/h6,8,10-11,14,19,22,24-25,42H,3-5,7,9,12-13,15-18H2,1-2H3,(H,43,46)(H,44,48)(H,49,50)/b8-6-/t19-,22+,24+,25+,34-,35-/m1/s1. The van der Waals surface area contributed by atoms with Gasteiger partial charge in [-0.3, -0.25) is 19.1 Å². The molecule has 2 aromatic rings. The number of alkyl halides is 4. The summed E-state index contributed by atoms with van der Waals surface area (Å²) in [5, 5.41) is 14.5. The highest BCUT2D eigenvalue weighted by Gasteiger charge is 2.64. The van der Waals surface area contributed by atoms with E-state index in [1.165, 1.54) is 32.2 Å². The molecule has 4 N–H and O–H groups in total. The van der Waals surface area contributed by atoms with Gasteiger partial charge in [-0.1, -0.05) is 25.0 Å². The molecule has 5 aliphatic rings. The number of carbonyl (C=O) groups is 4. The summed E-state index contributed by atoms with van der Waals surface area (Å²) in [6, 6.07) is 0.985. The van der Waals surface area contributed by atoms with Gasteiger partial charge in [-0.05, 0) is 63.6 Å². The number of nitrogens with one attached hydrogen (secondary N) is 3. The predicted octanol–water partition coefficient (Wildman–Crippen LogP) is 4.42. The smallest absolute Gasteiger partial charge is 0.437 e. The fourth-order valence-corrected chi connectivity index (χ4v) is 9.34. The average molecular weight is 796 g/mol. The number of halogens is 4. The zero-order valence-corrected chi connectivity index (χ0v) is 30.8. The lowest BCUT2D eigenvalue weighted by Crippen LogP contribution is -2.58. The molecular formula is C36H41F4N5O9S. The maximum absolute atomic E-state index is 16.6.